The van der Waals surface area contributed by atoms with Crippen LogP contribution >= 0.6 is 11.3 Å². The van der Waals surface area contributed by atoms with E-state index in [-0.39, 0.29) is 18.0 Å². The van der Waals surface area contributed by atoms with Gasteiger partial charge < -0.3 is 15.8 Å². The molecule has 7 heteroatoms. The summed E-state index contributed by atoms with van der Waals surface area (Å²) in [5.41, 5.74) is 5.63. The number of nitrogen functional groups attached to an aromatic ring is 1. The van der Waals surface area contributed by atoms with Gasteiger partial charge in [0.25, 0.3) is 0 Å². The highest BCUT2D eigenvalue weighted by molar-refractivity contribution is 7.15. The van der Waals surface area contributed by atoms with Gasteiger partial charge in [0.15, 0.2) is 5.13 Å². The number of rotatable bonds is 4. The molecule has 19 heavy (non-hydrogen) atoms. The zero-order valence-corrected chi connectivity index (χ0v) is 12.1. The number of anilines is 1. The topological polar surface area (TPSA) is 80.5 Å². The number of carbonyl (C=O) groups is 1. The van der Waals surface area contributed by atoms with Crippen molar-refractivity contribution in [2.45, 2.75) is 32.5 Å². The molecule has 106 valence electrons. The molecule has 1 amide bonds. The lowest BCUT2D eigenvalue weighted by Gasteiger charge is -2.34. The summed E-state index contributed by atoms with van der Waals surface area (Å²) in [6, 6.07) is -0.102. The average molecular weight is 284 g/mol. The number of hydrogen-bond acceptors (Lipinski definition) is 6. The Bertz CT molecular complexity index is 435. The first-order valence-electron chi connectivity index (χ1n) is 6.38. The van der Waals surface area contributed by atoms with Crippen LogP contribution in [0.3, 0.4) is 0 Å². The first kappa shape index (κ1) is 14.2. The van der Waals surface area contributed by atoms with Crippen LogP contribution in [0, 0.1) is 0 Å². The van der Waals surface area contributed by atoms with Crippen molar-refractivity contribution in [1.82, 2.24) is 15.2 Å². The number of nitrogens with zero attached hydrogens (tertiary/aromatic N) is 2. The first-order chi connectivity index (χ1) is 9.06. The molecule has 1 fully saturated rings. The van der Waals surface area contributed by atoms with Crippen molar-refractivity contribution in [3.63, 3.8) is 0 Å². The number of morpholine rings is 1. The molecule has 3 N–H and O–H groups in total. The van der Waals surface area contributed by atoms with Crippen molar-refractivity contribution < 1.29 is 9.53 Å². The van der Waals surface area contributed by atoms with Crippen LogP contribution in [0.2, 0.25) is 0 Å². The standard InChI is InChI=1S/C12H20N4O2S/c1-8(2)15-11(17)10-7-18-4-3-16(10)6-9-5-14-12(13)19-9/h5,8,10H,3-4,6-7H2,1-2H3,(H2,13,14)(H,15,17). The van der Waals surface area contributed by atoms with Crippen LogP contribution in [0.1, 0.15) is 18.7 Å². The molecule has 1 atom stereocenters. The van der Waals surface area contributed by atoms with Gasteiger partial charge in [-0.1, -0.05) is 0 Å². The van der Waals surface area contributed by atoms with Crippen LogP contribution in [-0.2, 0) is 16.1 Å². The van der Waals surface area contributed by atoms with Gasteiger partial charge in [-0.05, 0) is 13.8 Å². The molecule has 0 bridgehead atoms. The summed E-state index contributed by atoms with van der Waals surface area (Å²) in [4.78, 5) is 19.4. The van der Waals surface area contributed by atoms with Crippen molar-refractivity contribution in [3.05, 3.63) is 11.1 Å². The number of amides is 1. The highest BCUT2D eigenvalue weighted by Gasteiger charge is 2.29. The number of thiazole rings is 1. The maximum absolute atomic E-state index is 12.1. The predicted molar refractivity (Wildman–Crippen MR) is 74.8 cm³/mol. The molecular formula is C12H20N4O2S. The summed E-state index contributed by atoms with van der Waals surface area (Å²) in [6.45, 7) is 6.43. The largest absolute Gasteiger partial charge is 0.378 e. The lowest BCUT2D eigenvalue weighted by atomic mass is 10.2. The number of nitrogens with one attached hydrogen (secondary N) is 1. The lowest BCUT2D eigenvalue weighted by Crippen LogP contribution is -2.54. The Morgan fingerprint density at radius 1 is 1.74 bits per heavy atom. The fraction of sp³-hybridized carbons (Fsp3) is 0.667. The maximum atomic E-state index is 12.1. The average Bonchev–Trinajstić information content (AvgIpc) is 2.74. The highest BCUT2D eigenvalue weighted by Crippen LogP contribution is 2.19. The molecule has 2 heterocycles. The first-order valence-corrected chi connectivity index (χ1v) is 7.20. The molecule has 0 saturated carbocycles. The second kappa shape index (κ2) is 6.31. The van der Waals surface area contributed by atoms with E-state index in [1.54, 1.807) is 6.20 Å². The maximum Gasteiger partial charge on any atom is 0.239 e. The van der Waals surface area contributed by atoms with Gasteiger partial charge in [0.2, 0.25) is 5.91 Å². The number of nitrogens with two attached hydrogens (primary N) is 1. The molecule has 1 aliphatic heterocycles. The fourth-order valence-corrected chi connectivity index (χ4v) is 2.76. The minimum absolute atomic E-state index is 0.0205. The van der Waals surface area contributed by atoms with Crippen LogP contribution in [0.15, 0.2) is 6.20 Å². The van der Waals surface area contributed by atoms with Gasteiger partial charge in [-0.3, -0.25) is 9.69 Å². The van der Waals surface area contributed by atoms with Crippen molar-refractivity contribution in [2.24, 2.45) is 0 Å². The van der Waals surface area contributed by atoms with Gasteiger partial charge in [0.1, 0.15) is 6.04 Å². The minimum Gasteiger partial charge on any atom is -0.378 e. The van der Waals surface area contributed by atoms with Crippen molar-refractivity contribution in [1.29, 1.82) is 0 Å². The minimum atomic E-state index is -0.237. The smallest absolute Gasteiger partial charge is 0.239 e. The Hall–Kier alpha value is -1.18. The van der Waals surface area contributed by atoms with Gasteiger partial charge in [0.05, 0.1) is 13.2 Å². The van der Waals surface area contributed by atoms with Crippen molar-refractivity contribution in [2.75, 3.05) is 25.5 Å². The molecule has 0 spiro atoms. The molecule has 1 saturated heterocycles. The number of aromatic nitrogens is 1. The van der Waals surface area contributed by atoms with Gasteiger partial charge in [-0.25, -0.2) is 4.98 Å². The number of carbonyl (C=O) groups excluding carboxylic acids is 1. The molecule has 1 aromatic rings. The Balaban J connectivity index is 2.01. The molecule has 2 rings (SSSR count). The third-order valence-electron chi connectivity index (χ3n) is 2.90. The Labute approximate surface area is 116 Å². The van der Waals surface area contributed by atoms with E-state index in [1.807, 2.05) is 13.8 Å². The summed E-state index contributed by atoms with van der Waals surface area (Å²) in [5, 5.41) is 3.50. The summed E-state index contributed by atoms with van der Waals surface area (Å²) in [5.74, 6) is 0.0205. The van der Waals surface area contributed by atoms with E-state index in [9.17, 15) is 4.79 Å². The van der Waals surface area contributed by atoms with Crippen molar-refractivity contribution >= 4 is 22.4 Å². The Morgan fingerprint density at radius 3 is 3.16 bits per heavy atom. The van der Waals surface area contributed by atoms with Gasteiger partial charge in [-0.2, -0.15) is 0 Å². The number of ether oxygens (including phenoxy) is 1. The quantitative estimate of drug-likeness (QED) is 0.839. The van der Waals surface area contributed by atoms with Crippen LogP contribution in [0.4, 0.5) is 5.13 Å². The molecule has 1 aliphatic rings. The van der Waals surface area contributed by atoms with Gasteiger partial charge in [-0.15, -0.1) is 11.3 Å². The second-order valence-corrected chi connectivity index (χ2v) is 6.04. The molecule has 6 nitrogen and oxygen atoms in total. The van der Waals surface area contributed by atoms with Gasteiger partial charge in [0, 0.05) is 30.2 Å². The SMILES string of the molecule is CC(C)NC(=O)C1COCCN1Cc1cnc(N)s1. The molecule has 0 aliphatic carbocycles. The summed E-state index contributed by atoms with van der Waals surface area (Å²) in [7, 11) is 0. The van der Waals surface area contributed by atoms with Crippen LogP contribution in [0.25, 0.3) is 0 Å². The molecule has 0 radical (unpaired) electrons. The van der Waals surface area contributed by atoms with Gasteiger partial charge >= 0.3 is 0 Å². The summed E-state index contributed by atoms with van der Waals surface area (Å²) >= 11 is 1.46. The van der Waals surface area contributed by atoms with E-state index in [2.05, 4.69) is 15.2 Å². The van der Waals surface area contributed by atoms with Crippen LogP contribution in [0.5, 0.6) is 0 Å². The van der Waals surface area contributed by atoms with E-state index in [1.165, 1.54) is 11.3 Å². The van der Waals surface area contributed by atoms with E-state index in [0.29, 0.717) is 24.9 Å². The predicted octanol–water partition coefficient (Wildman–Crippen LogP) is 0.451. The molecule has 1 aromatic heterocycles. The Kier molecular flexibility index (Phi) is 4.73. The lowest BCUT2D eigenvalue weighted by molar-refractivity contribution is -0.133. The fourth-order valence-electron chi connectivity index (χ4n) is 2.05. The zero-order valence-electron chi connectivity index (χ0n) is 11.3. The monoisotopic (exact) mass is 284 g/mol. The van der Waals surface area contributed by atoms with E-state index in [0.717, 1.165) is 11.4 Å². The van der Waals surface area contributed by atoms with E-state index < -0.39 is 0 Å². The van der Waals surface area contributed by atoms with Crippen LogP contribution in [-0.4, -0.2) is 47.6 Å². The molecule has 1 unspecified atom stereocenters. The van der Waals surface area contributed by atoms with E-state index >= 15 is 0 Å². The number of hydrogen-bond donors (Lipinski definition) is 2. The third-order valence-corrected chi connectivity index (χ3v) is 3.71. The molecular weight excluding hydrogens is 264 g/mol. The third kappa shape index (κ3) is 3.89. The van der Waals surface area contributed by atoms with Crippen molar-refractivity contribution in [3.8, 4) is 0 Å². The van der Waals surface area contributed by atoms with Crippen LogP contribution < -0.4 is 11.1 Å². The normalized spacial score (nSPS) is 20.7. The summed E-state index contributed by atoms with van der Waals surface area (Å²) < 4.78 is 5.42. The Morgan fingerprint density at radius 2 is 2.53 bits per heavy atom. The second-order valence-electron chi connectivity index (χ2n) is 4.89. The van der Waals surface area contributed by atoms with E-state index in [4.69, 9.17) is 10.5 Å². The highest BCUT2D eigenvalue weighted by atomic mass is 32.1. The summed E-state index contributed by atoms with van der Waals surface area (Å²) in [6.07, 6.45) is 1.77. The molecule has 0 aromatic carbocycles. The zero-order chi connectivity index (χ0) is 13.8.